The first-order valence-corrected chi connectivity index (χ1v) is 7.87. The van der Waals surface area contributed by atoms with E-state index < -0.39 is 5.76 Å². The molecule has 1 heterocycles. The number of halogens is 2. The van der Waals surface area contributed by atoms with Gasteiger partial charge in [0.05, 0.1) is 12.3 Å². The SMILES string of the molecule is Cc1cccc([C@@H](C)NCc2ccc(CSC(F)F)o2)c1. The molecular formula is C16H19F2NOS. The van der Waals surface area contributed by atoms with Crippen LogP contribution in [0.5, 0.6) is 0 Å². The molecule has 2 aromatic rings. The summed E-state index contributed by atoms with van der Waals surface area (Å²) in [6.45, 7) is 4.73. The van der Waals surface area contributed by atoms with Crippen LogP contribution < -0.4 is 5.32 Å². The van der Waals surface area contributed by atoms with Gasteiger partial charge in [-0.15, -0.1) is 0 Å². The Labute approximate surface area is 127 Å². The second kappa shape index (κ2) is 7.61. The van der Waals surface area contributed by atoms with Gasteiger partial charge in [0.2, 0.25) is 0 Å². The second-order valence-corrected chi connectivity index (χ2v) is 5.93. The summed E-state index contributed by atoms with van der Waals surface area (Å²) in [5.41, 5.74) is 2.44. The Bertz CT molecular complexity index is 571. The summed E-state index contributed by atoms with van der Waals surface area (Å²) >= 11 is 0.573. The van der Waals surface area contributed by atoms with Crippen LogP contribution in [0.2, 0.25) is 0 Å². The van der Waals surface area contributed by atoms with E-state index in [1.54, 1.807) is 6.07 Å². The summed E-state index contributed by atoms with van der Waals surface area (Å²) < 4.78 is 29.7. The van der Waals surface area contributed by atoms with Gasteiger partial charge in [-0.1, -0.05) is 41.6 Å². The molecule has 0 unspecified atom stereocenters. The number of benzene rings is 1. The summed E-state index contributed by atoms with van der Waals surface area (Å²) in [6, 6.07) is 12.1. The van der Waals surface area contributed by atoms with Crippen molar-refractivity contribution in [2.24, 2.45) is 0 Å². The van der Waals surface area contributed by atoms with E-state index in [0.717, 1.165) is 5.76 Å². The van der Waals surface area contributed by atoms with Crippen molar-refractivity contribution < 1.29 is 13.2 Å². The Balaban J connectivity index is 1.85. The topological polar surface area (TPSA) is 25.2 Å². The summed E-state index contributed by atoms with van der Waals surface area (Å²) in [6.07, 6.45) is 0. The zero-order chi connectivity index (χ0) is 15.2. The molecule has 0 saturated heterocycles. The fraction of sp³-hybridized carbons (Fsp3) is 0.375. The van der Waals surface area contributed by atoms with Gasteiger partial charge in [0.15, 0.2) is 0 Å². The Morgan fingerprint density at radius 1 is 1.19 bits per heavy atom. The molecule has 114 valence electrons. The minimum absolute atomic E-state index is 0.200. The van der Waals surface area contributed by atoms with Gasteiger partial charge in [-0.05, 0) is 31.5 Å². The van der Waals surface area contributed by atoms with Crippen molar-refractivity contribution in [2.75, 3.05) is 0 Å². The molecule has 1 aromatic carbocycles. The van der Waals surface area contributed by atoms with Gasteiger partial charge < -0.3 is 9.73 Å². The highest BCUT2D eigenvalue weighted by Crippen LogP contribution is 2.21. The number of hydrogen-bond acceptors (Lipinski definition) is 3. The Kier molecular flexibility index (Phi) is 5.82. The van der Waals surface area contributed by atoms with E-state index in [4.69, 9.17) is 4.42 Å². The van der Waals surface area contributed by atoms with Crippen molar-refractivity contribution in [3.63, 3.8) is 0 Å². The molecule has 1 atom stereocenters. The van der Waals surface area contributed by atoms with E-state index in [-0.39, 0.29) is 11.8 Å². The fourth-order valence-electron chi connectivity index (χ4n) is 2.05. The first kappa shape index (κ1) is 16.0. The van der Waals surface area contributed by atoms with Crippen molar-refractivity contribution in [1.82, 2.24) is 5.32 Å². The molecule has 21 heavy (non-hydrogen) atoms. The average Bonchev–Trinajstić information content (AvgIpc) is 2.90. The number of hydrogen-bond donors (Lipinski definition) is 1. The highest BCUT2D eigenvalue weighted by Gasteiger charge is 2.09. The summed E-state index contributed by atoms with van der Waals surface area (Å²) in [7, 11) is 0. The number of furan rings is 1. The lowest BCUT2D eigenvalue weighted by Crippen LogP contribution is -2.17. The molecule has 0 bridgehead atoms. The zero-order valence-electron chi connectivity index (χ0n) is 12.1. The van der Waals surface area contributed by atoms with Crippen LogP contribution in [-0.4, -0.2) is 5.76 Å². The Hall–Kier alpha value is -1.33. The van der Waals surface area contributed by atoms with Crippen molar-refractivity contribution in [1.29, 1.82) is 0 Å². The molecule has 5 heteroatoms. The van der Waals surface area contributed by atoms with E-state index in [1.165, 1.54) is 11.1 Å². The van der Waals surface area contributed by atoms with Crippen LogP contribution in [0, 0.1) is 6.92 Å². The maximum Gasteiger partial charge on any atom is 0.284 e. The van der Waals surface area contributed by atoms with Crippen LogP contribution in [-0.2, 0) is 12.3 Å². The number of thioether (sulfide) groups is 1. The average molecular weight is 311 g/mol. The van der Waals surface area contributed by atoms with Crippen molar-refractivity contribution in [2.45, 2.75) is 37.9 Å². The zero-order valence-corrected chi connectivity index (χ0v) is 12.9. The minimum atomic E-state index is -2.36. The van der Waals surface area contributed by atoms with Crippen LogP contribution in [0.25, 0.3) is 0 Å². The van der Waals surface area contributed by atoms with Crippen LogP contribution in [0.3, 0.4) is 0 Å². The maximum atomic E-state index is 12.1. The van der Waals surface area contributed by atoms with Gasteiger partial charge in [-0.25, -0.2) is 0 Å². The summed E-state index contributed by atoms with van der Waals surface area (Å²) in [5.74, 6) is -0.817. The van der Waals surface area contributed by atoms with Crippen molar-refractivity contribution in [3.8, 4) is 0 Å². The van der Waals surface area contributed by atoms with E-state index in [0.29, 0.717) is 24.1 Å². The van der Waals surface area contributed by atoms with Gasteiger partial charge >= 0.3 is 0 Å². The molecule has 0 aliphatic carbocycles. The third-order valence-corrected chi connectivity index (χ3v) is 3.90. The van der Waals surface area contributed by atoms with E-state index in [1.807, 2.05) is 12.1 Å². The van der Waals surface area contributed by atoms with Gasteiger partial charge in [0.25, 0.3) is 5.76 Å². The van der Waals surface area contributed by atoms with Gasteiger partial charge in [-0.3, -0.25) is 0 Å². The normalized spacial score (nSPS) is 12.8. The predicted octanol–water partition coefficient (Wildman–Crippen LogP) is 4.89. The molecule has 0 amide bonds. The summed E-state index contributed by atoms with van der Waals surface area (Å²) in [5, 5.41) is 3.37. The Morgan fingerprint density at radius 2 is 1.95 bits per heavy atom. The van der Waals surface area contributed by atoms with E-state index >= 15 is 0 Å². The van der Waals surface area contributed by atoms with E-state index in [2.05, 4.69) is 37.4 Å². The van der Waals surface area contributed by atoms with Gasteiger partial charge in [-0.2, -0.15) is 8.78 Å². The van der Waals surface area contributed by atoms with Gasteiger partial charge in [0.1, 0.15) is 11.5 Å². The fourth-order valence-corrected chi connectivity index (χ4v) is 2.50. The molecule has 0 saturated carbocycles. The lowest BCUT2D eigenvalue weighted by Gasteiger charge is -2.13. The number of nitrogens with one attached hydrogen (secondary N) is 1. The molecule has 0 aliphatic rings. The molecule has 2 rings (SSSR count). The third kappa shape index (κ3) is 5.17. The monoisotopic (exact) mass is 311 g/mol. The molecule has 0 fully saturated rings. The van der Waals surface area contributed by atoms with E-state index in [9.17, 15) is 8.78 Å². The van der Waals surface area contributed by atoms with Gasteiger partial charge in [0, 0.05) is 6.04 Å². The largest absolute Gasteiger partial charge is 0.464 e. The molecule has 0 spiro atoms. The molecule has 0 aliphatic heterocycles. The lowest BCUT2D eigenvalue weighted by atomic mass is 10.1. The standard InChI is InChI=1S/C16H19F2NOS/c1-11-4-3-5-13(8-11)12(2)19-9-14-6-7-15(20-14)10-21-16(17)18/h3-8,12,16,19H,9-10H2,1-2H3/t12-/m1/s1. The summed E-state index contributed by atoms with van der Waals surface area (Å²) in [4.78, 5) is 0. The quantitative estimate of drug-likeness (QED) is 0.787. The number of alkyl halides is 2. The van der Waals surface area contributed by atoms with Crippen LogP contribution >= 0.6 is 11.8 Å². The third-order valence-electron chi connectivity index (χ3n) is 3.19. The lowest BCUT2D eigenvalue weighted by molar-refractivity contribution is 0.251. The molecule has 1 aromatic heterocycles. The van der Waals surface area contributed by atoms with Crippen LogP contribution in [0.1, 0.15) is 35.6 Å². The smallest absolute Gasteiger partial charge is 0.284 e. The van der Waals surface area contributed by atoms with Crippen LogP contribution in [0.4, 0.5) is 8.78 Å². The number of aryl methyl sites for hydroxylation is 1. The highest BCUT2D eigenvalue weighted by molar-refractivity contribution is 7.98. The molecule has 0 radical (unpaired) electrons. The first-order valence-electron chi connectivity index (χ1n) is 6.82. The minimum Gasteiger partial charge on any atom is -0.464 e. The van der Waals surface area contributed by atoms with Crippen molar-refractivity contribution >= 4 is 11.8 Å². The second-order valence-electron chi connectivity index (χ2n) is 4.96. The highest BCUT2D eigenvalue weighted by atomic mass is 32.2. The van der Waals surface area contributed by atoms with Crippen molar-refractivity contribution in [3.05, 3.63) is 59.0 Å². The molecule has 1 N–H and O–H groups in total. The number of rotatable bonds is 7. The maximum absolute atomic E-state index is 12.1. The predicted molar refractivity (Wildman–Crippen MR) is 82.4 cm³/mol. The first-order chi connectivity index (χ1) is 10.0. The Morgan fingerprint density at radius 3 is 2.67 bits per heavy atom. The molecular weight excluding hydrogens is 292 g/mol. The molecule has 2 nitrogen and oxygen atoms in total. The van der Waals surface area contributed by atoms with Crippen LogP contribution in [0.15, 0.2) is 40.8 Å².